The first kappa shape index (κ1) is 17.5. The molecule has 0 aromatic heterocycles. The van der Waals surface area contributed by atoms with E-state index >= 15 is 0 Å². The Balaban J connectivity index is 1.42. The quantitative estimate of drug-likeness (QED) is 0.796. The molecule has 2 aromatic carbocycles. The van der Waals surface area contributed by atoms with Gasteiger partial charge in [-0.05, 0) is 86.0 Å². The second kappa shape index (κ2) is 7.11. The lowest BCUT2D eigenvalue weighted by Crippen LogP contribution is -2.14. The minimum atomic E-state index is 0.0506. The van der Waals surface area contributed by atoms with E-state index in [1.54, 1.807) is 5.57 Å². The van der Waals surface area contributed by atoms with Gasteiger partial charge >= 0.3 is 0 Å². The van der Waals surface area contributed by atoms with Crippen molar-refractivity contribution in [3.05, 3.63) is 76.4 Å². The Labute approximate surface area is 167 Å². The average Bonchev–Trinajstić information content (AvgIpc) is 3.36. The molecule has 3 aliphatic rings. The van der Waals surface area contributed by atoms with Gasteiger partial charge in [0.2, 0.25) is 0 Å². The summed E-state index contributed by atoms with van der Waals surface area (Å²) in [5, 5.41) is 12.7. The SMILES string of the molecule is Cc1cc(OC2c3ccccc3CC2C=C2CC3CNCC3C2)ccc1C#N. The Morgan fingerprint density at radius 3 is 2.61 bits per heavy atom. The zero-order valence-electron chi connectivity index (χ0n) is 16.3. The van der Waals surface area contributed by atoms with Gasteiger partial charge in [0.25, 0.3) is 0 Å². The normalized spacial score (nSPS) is 27.9. The third-order valence-electron chi connectivity index (χ3n) is 6.77. The minimum absolute atomic E-state index is 0.0506. The van der Waals surface area contributed by atoms with Crippen molar-refractivity contribution in [3.63, 3.8) is 0 Å². The fourth-order valence-corrected chi connectivity index (χ4v) is 5.33. The number of nitrogens with one attached hydrogen (secondary N) is 1. The van der Waals surface area contributed by atoms with Gasteiger partial charge in [-0.2, -0.15) is 5.26 Å². The molecular formula is C25H26N2O. The van der Waals surface area contributed by atoms with E-state index in [9.17, 15) is 5.26 Å². The summed E-state index contributed by atoms with van der Waals surface area (Å²) in [6.07, 6.45) is 6.11. The van der Waals surface area contributed by atoms with Gasteiger partial charge in [0.1, 0.15) is 11.9 Å². The highest BCUT2D eigenvalue weighted by molar-refractivity contribution is 5.43. The molecule has 0 spiro atoms. The number of hydrogen-bond donors (Lipinski definition) is 1. The summed E-state index contributed by atoms with van der Waals surface area (Å²) in [5.74, 6) is 2.90. The summed E-state index contributed by atoms with van der Waals surface area (Å²) in [6, 6.07) is 16.7. The van der Waals surface area contributed by atoms with E-state index in [-0.39, 0.29) is 6.10 Å². The number of nitrogens with zero attached hydrogens (tertiary/aromatic N) is 1. The molecule has 2 aliphatic carbocycles. The Bertz CT molecular complexity index is 957. The van der Waals surface area contributed by atoms with Crippen LogP contribution in [0.4, 0.5) is 0 Å². The van der Waals surface area contributed by atoms with Gasteiger partial charge < -0.3 is 10.1 Å². The van der Waals surface area contributed by atoms with Crippen molar-refractivity contribution in [1.29, 1.82) is 5.26 Å². The molecule has 1 heterocycles. The van der Waals surface area contributed by atoms with Crippen molar-refractivity contribution in [1.82, 2.24) is 5.32 Å². The maximum absolute atomic E-state index is 9.19. The van der Waals surface area contributed by atoms with Crippen LogP contribution in [0.1, 0.15) is 41.2 Å². The van der Waals surface area contributed by atoms with E-state index in [1.807, 2.05) is 25.1 Å². The standard InChI is InChI=1S/C25H26N2O/c1-16-8-23(7-6-19(16)13-26)28-25-20(12-18-4-2-3-5-24(18)25)9-17-10-21-14-27-15-22(21)11-17/h2-9,20-22,25,27H,10-12,14-15H2,1H3. The summed E-state index contributed by atoms with van der Waals surface area (Å²) in [6.45, 7) is 4.33. The van der Waals surface area contributed by atoms with Crippen LogP contribution < -0.4 is 10.1 Å². The molecule has 28 heavy (non-hydrogen) atoms. The molecule has 2 aromatic rings. The van der Waals surface area contributed by atoms with Crippen molar-refractivity contribution >= 4 is 0 Å². The molecule has 2 fully saturated rings. The lowest BCUT2D eigenvalue weighted by Gasteiger charge is -2.21. The lowest BCUT2D eigenvalue weighted by molar-refractivity contribution is 0.172. The number of aryl methyl sites for hydroxylation is 1. The summed E-state index contributed by atoms with van der Waals surface area (Å²) >= 11 is 0. The van der Waals surface area contributed by atoms with Gasteiger partial charge in [-0.1, -0.05) is 35.9 Å². The maximum atomic E-state index is 9.19. The highest BCUT2D eigenvalue weighted by Crippen LogP contribution is 2.44. The fourth-order valence-electron chi connectivity index (χ4n) is 5.33. The second-order valence-corrected chi connectivity index (χ2v) is 8.61. The van der Waals surface area contributed by atoms with Crippen LogP contribution in [-0.4, -0.2) is 13.1 Å². The first-order valence-corrected chi connectivity index (χ1v) is 10.4. The maximum Gasteiger partial charge on any atom is 0.131 e. The molecule has 5 rings (SSSR count). The van der Waals surface area contributed by atoms with E-state index in [4.69, 9.17) is 4.74 Å². The average molecular weight is 370 g/mol. The first-order chi connectivity index (χ1) is 13.7. The molecule has 1 N–H and O–H groups in total. The van der Waals surface area contributed by atoms with Crippen LogP contribution in [0.25, 0.3) is 0 Å². The predicted molar refractivity (Wildman–Crippen MR) is 110 cm³/mol. The predicted octanol–water partition coefficient (Wildman–Crippen LogP) is 4.71. The fraction of sp³-hybridized carbons (Fsp3) is 0.400. The topological polar surface area (TPSA) is 45.0 Å². The first-order valence-electron chi connectivity index (χ1n) is 10.4. The van der Waals surface area contributed by atoms with E-state index in [0.29, 0.717) is 11.5 Å². The van der Waals surface area contributed by atoms with Gasteiger partial charge in [-0.25, -0.2) is 0 Å². The molecule has 142 valence electrons. The smallest absolute Gasteiger partial charge is 0.131 e. The number of rotatable bonds is 3. The Hall–Kier alpha value is -2.57. The minimum Gasteiger partial charge on any atom is -0.485 e. The molecule has 3 nitrogen and oxygen atoms in total. The van der Waals surface area contributed by atoms with Gasteiger partial charge in [0.05, 0.1) is 11.6 Å². The Morgan fingerprint density at radius 1 is 1.07 bits per heavy atom. The Morgan fingerprint density at radius 2 is 1.86 bits per heavy atom. The summed E-state index contributed by atoms with van der Waals surface area (Å²) in [7, 11) is 0. The molecule has 0 bridgehead atoms. The third-order valence-corrected chi connectivity index (χ3v) is 6.77. The highest BCUT2D eigenvalue weighted by atomic mass is 16.5. The number of ether oxygens (including phenoxy) is 1. The van der Waals surface area contributed by atoms with E-state index in [0.717, 1.165) is 29.6 Å². The van der Waals surface area contributed by atoms with Gasteiger partial charge in [0.15, 0.2) is 0 Å². The van der Waals surface area contributed by atoms with Crippen LogP contribution in [0.3, 0.4) is 0 Å². The van der Waals surface area contributed by atoms with Crippen LogP contribution in [0.15, 0.2) is 54.1 Å². The third kappa shape index (κ3) is 3.12. The largest absolute Gasteiger partial charge is 0.485 e. The second-order valence-electron chi connectivity index (χ2n) is 8.61. The van der Waals surface area contributed by atoms with E-state index in [1.165, 1.54) is 37.1 Å². The molecule has 1 saturated carbocycles. The summed E-state index contributed by atoms with van der Waals surface area (Å²) in [5.41, 5.74) is 6.02. The zero-order chi connectivity index (χ0) is 19.1. The summed E-state index contributed by atoms with van der Waals surface area (Å²) in [4.78, 5) is 0. The summed E-state index contributed by atoms with van der Waals surface area (Å²) < 4.78 is 6.53. The molecular weight excluding hydrogens is 344 g/mol. The van der Waals surface area contributed by atoms with Crippen LogP contribution in [0, 0.1) is 36.0 Å². The number of hydrogen-bond acceptors (Lipinski definition) is 3. The molecule has 4 unspecified atom stereocenters. The van der Waals surface area contributed by atoms with Gasteiger partial charge in [-0.15, -0.1) is 0 Å². The lowest BCUT2D eigenvalue weighted by atomic mass is 9.98. The number of benzene rings is 2. The van der Waals surface area contributed by atoms with Crippen LogP contribution in [0.2, 0.25) is 0 Å². The van der Waals surface area contributed by atoms with Crippen molar-refractivity contribution in [2.24, 2.45) is 17.8 Å². The zero-order valence-corrected chi connectivity index (χ0v) is 16.3. The van der Waals surface area contributed by atoms with Crippen molar-refractivity contribution in [2.45, 2.75) is 32.3 Å². The molecule has 1 saturated heterocycles. The number of fused-ring (bicyclic) bond motifs is 2. The van der Waals surface area contributed by atoms with Crippen molar-refractivity contribution in [3.8, 4) is 11.8 Å². The van der Waals surface area contributed by atoms with Crippen molar-refractivity contribution in [2.75, 3.05) is 13.1 Å². The van der Waals surface area contributed by atoms with Crippen LogP contribution in [-0.2, 0) is 6.42 Å². The van der Waals surface area contributed by atoms with Gasteiger partial charge in [0, 0.05) is 5.92 Å². The molecule has 0 amide bonds. The van der Waals surface area contributed by atoms with Crippen molar-refractivity contribution < 1.29 is 4.74 Å². The molecule has 4 atom stereocenters. The Kier molecular flexibility index (Phi) is 4.45. The van der Waals surface area contributed by atoms with E-state index < -0.39 is 0 Å². The van der Waals surface area contributed by atoms with Gasteiger partial charge in [-0.3, -0.25) is 0 Å². The molecule has 0 radical (unpaired) electrons. The monoisotopic (exact) mass is 370 g/mol. The van der Waals surface area contributed by atoms with E-state index in [2.05, 4.69) is 41.7 Å². The highest BCUT2D eigenvalue weighted by Gasteiger charge is 2.37. The number of allylic oxidation sites excluding steroid dienone is 1. The molecule has 3 heteroatoms. The van der Waals surface area contributed by atoms with Crippen LogP contribution in [0.5, 0.6) is 5.75 Å². The number of nitriles is 1. The molecule has 1 aliphatic heterocycles. The van der Waals surface area contributed by atoms with Crippen LogP contribution >= 0.6 is 0 Å².